The van der Waals surface area contributed by atoms with Crippen LogP contribution in [0.5, 0.6) is 5.75 Å². The summed E-state index contributed by atoms with van der Waals surface area (Å²) in [5, 5.41) is -0.0232. The van der Waals surface area contributed by atoms with Crippen LogP contribution in [0.25, 0.3) is 0 Å². The monoisotopic (exact) mass is 287 g/mol. The molecule has 1 aromatic rings. The number of carbonyl (C=O) groups is 1. The minimum Gasteiger partial charge on any atom is -0.484 e. The molecule has 1 saturated heterocycles. The molecular formula is C13H15ClFNO3. The largest absolute Gasteiger partial charge is 0.484 e. The van der Waals surface area contributed by atoms with Gasteiger partial charge in [-0.3, -0.25) is 4.79 Å². The van der Waals surface area contributed by atoms with Gasteiger partial charge in [-0.05, 0) is 19.1 Å². The first kappa shape index (κ1) is 14.1. The van der Waals surface area contributed by atoms with Crippen molar-refractivity contribution in [2.45, 2.75) is 13.0 Å². The van der Waals surface area contributed by atoms with E-state index in [9.17, 15) is 9.18 Å². The molecule has 1 heterocycles. The Morgan fingerprint density at radius 1 is 1.63 bits per heavy atom. The Hall–Kier alpha value is -1.33. The van der Waals surface area contributed by atoms with Gasteiger partial charge in [0.15, 0.2) is 6.61 Å². The number of ether oxygens (including phenoxy) is 2. The molecule has 1 unspecified atom stereocenters. The Balaban J connectivity index is 1.87. The fourth-order valence-electron chi connectivity index (χ4n) is 1.85. The summed E-state index contributed by atoms with van der Waals surface area (Å²) in [6, 6.07) is 4.00. The Morgan fingerprint density at radius 3 is 3.11 bits per heavy atom. The minimum atomic E-state index is -0.512. The maximum absolute atomic E-state index is 13.0. The Morgan fingerprint density at radius 2 is 2.42 bits per heavy atom. The second-order valence-electron chi connectivity index (χ2n) is 4.39. The van der Waals surface area contributed by atoms with E-state index in [0.29, 0.717) is 25.4 Å². The van der Waals surface area contributed by atoms with E-state index in [0.717, 1.165) is 0 Å². The molecule has 1 aromatic carbocycles. The molecule has 0 N–H and O–H groups in total. The van der Waals surface area contributed by atoms with Crippen molar-refractivity contribution < 1.29 is 18.7 Å². The van der Waals surface area contributed by atoms with E-state index in [1.165, 1.54) is 18.2 Å². The topological polar surface area (TPSA) is 38.8 Å². The third-order valence-corrected chi connectivity index (χ3v) is 3.14. The molecule has 0 bridgehead atoms. The molecule has 2 rings (SSSR count). The highest BCUT2D eigenvalue weighted by Crippen LogP contribution is 2.21. The van der Waals surface area contributed by atoms with Crippen molar-refractivity contribution in [3.63, 3.8) is 0 Å². The number of halogens is 2. The molecule has 1 amide bonds. The number of benzene rings is 1. The summed E-state index contributed by atoms with van der Waals surface area (Å²) in [6.07, 6.45) is 0.0398. The van der Waals surface area contributed by atoms with Crippen LogP contribution in [0.1, 0.15) is 6.92 Å². The van der Waals surface area contributed by atoms with Crippen LogP contribution in [0, 0.1) is 5.82 Å². The smallest absolute Gasteiger partial charge is 0.260 e. The van der Waals surface area contributed by atoms with Crippen LogP contribution in [0.4, 0.5) is 4.39 Å². The van der Waals surface area contributed by atoms with Gasteiger partial charge in [0.05, 0.1) is 17.7 Å². The van der Waals surface area contributed by atoms with Crippen LogP contribution >= 0.6 is 11.6 Å². The lowest BCUT2D eigenvalue weighted by atomic mass is 10.3. The highest BCUT2D eigenvalue weighted by Gasteiger charge is 2.21. The summed E-state index contributed by atoms with van der Waals surface area (Å²) in [6.45, 7) is 3.49. The zero-order valence-electron chi connectivity index (χ0n) is 10.6. The van der Waals surface area contributed by atoms with E-state index in [1.54, 1.807) is 4.90 Å². The van der Waals surface area contributed by atoms with Crippen molar-refractivity contribution >= 4 is 17.5 Å². The summed E-state index contributed by atoms with van der Waals surface area (Å²) in [4.78, 5) is 13.6. The van der Waals surface area contributed by atoms with Gasteiger partial charge in [-0.2, -0.15) is 0 Å². The first-order chi connectivity index (χ1) is 9.06. The fourth-order valence-corrected chi connectivity index (χ4v) is 2.02. The molecule has 0 spiro atoms. The molecule has 1 atom stereocenters. The number of morpholine rings is 1. The zero-order valence-corrected chi connectivity index (χ0v) is 11.3. The molecule has 19 heavy (non-hydrogen) atoms. The van der Waals surface area contributed by atoms with Crippen molar-refractivity contribution in [2.75, 3.05) is 26.3 Å². The summed E-state index contributed by atoms with van der Waals surface area (Å²) in [5.74, 6) is -0.251. The number of nitrogens with zero attached hydrogens (tertiary/aromatic N) is 1. The van der Waals surface area contributed by atoms with Crippen molar-refractivity contribution in [2.24, 2.45) is 0 Å². The van der Waals surface area contributed by atoms with Crippen LogP contribution in [-0.2, 0) is 9.53 Å². The quantitative estimate of drug-likeness (QED) is 0.855. The van der Waals surface area contributed by atoms with Gasteiger partial charge >= 0.3 is 0 Å². The molecule has 0 aromatic heterocycles. The highest BCUT2D eigenvalue weighted by molar-refractivity contribution is 6.30. The molecule has 1 fully saturated rings. The van der Waals surface area contributed by atoms with Gasteiger partial charge in [-0.25, -0.2) is 4.39 Å². The highest BCUT2D eigenvalue weighted by atomic mass is 35.5. The van der Waals surface area contributed by atoms with Crippen molar-refractivity contribution in [3.8, 4) is 5.75 Å². The molecular weight excluding hydrogens is 273 g/mol. The predicted octanol–water partition coefficient (Wildman–Crippen LogP) is 2.11. The van der Waals surface area contributed by atoms with E-state index < -0.39 is 5.82 Å². The minimum absolute atomic E-state index is 0.0232. The molecule has 6 heteroatoms. The van der Waals surface area contributed by atoms with E-state index in [4.69, 9.17) is 21.1 Å². The predicted molar refractivity (Wildman–Crippen MR) is 68.9 cm³/mol. The fraction of sp³-hybridized carbons (Fsp3) is 0.462. The Kier molecular flexibility index (Phi) is 4.61. The number of carbonyl (C=O) groups excluding carboxylic acids is 1. The average Bonchev–Trinajstić information content (AvgIpc) is 2.40. The number of amides is 1. The third-order valence-electron chi connectivity index (χ3n) is 2.85. The number of rotatable bonds is 3. The SMILES string of the molecule is CC1CN(C(=O)COc2ccc(F)c(Cl)c2)CCO1. The van der Waals surface area contributed by atoms with E-state index in [2.05, 4.69) is 0 Å². The van der Waals surface area contributed by atoms with Gasteiger partial charge in [0, 0.05) is 19.2 Å². The van der Waals surface area contributed by atoms with Gasteiger partial charge in [0.2, 0.25) is 0 Å². The number of hydrogen-bond acceptors (Lipinski definition) is 3. The van der Waals surface area contributed by atoms with Gasteiger partial charge in [-0.1, -0.05) is 11.6 Å². The summed E-state index contributed by atoms with van der Waals surface area (Å²) >= 11 is 5.63. The number of hydrogen-bond donors (Lipinski definition) is 0. The van der Waals surface area contributed by atoms with Crippen LogP contribution in [0.15, 0.2) is 18.2 Å². The normalized spacial score (nSPS) is 19.3. The van der Waals surface area contributed by atoms with Crippen molar-refractivity contribution in [1.29, 1.82) is 0 Å². The lowest BCUT2D eigenvalue weighted by Gasteiger charge is -2.31. The average molecular weight is 288 g/mol. The zero-order chi connectivity index (χ0) is 13.8. The van der Waals surface area contributed by atoms with Crippen molar-refractivity contribution in [3.05, 3.63) is 29.0 Å². The third kappa shape index (κ3) is 3.81. The molecule has 0 aliphatic carbocycles. The van der Waals surface area contributed by atoms with Crippen LogP contribution in [0.2, 0.25) is 5.02 Å². The first-order valence-electron chi connectivity index (χ1n) is 6.03. The van der Waals surface area contributed by atoms with Gasteiger partial charge in [0.25, 0.3) is 5.91 Å². The van der Waals surface area contributed by atoms with E-state index in [1.807, 2.05) is 6.92 Å². The maximum Gasteiger partial charge on any atom is 0.260 e. The van der Waals surface area contributed by atoms with Gasteiger partial charge in [-0.15, -0.1) is 0 Å². The van der Waals surface area contributed by atoms with Crippen LogP contribution < -0.4 is 4.74 Å². The molecule has 0 radical (unpaired) electrons. The van der Waals surface area contributed by atoms with Gasteiger partial charge in [0.1, 0.15) is 11.6 Å². The van der Waals surface area contributed by atoms with Crippen LogP contribution in [-0.4, -0.2) is 43.2 Å². The standard InChI is InChI=1S/C13H15ClFNO3/c1-9-7-16(4-5-18-9)13(17)8-19-10-2-3-12(15)11(14)6-10/h2-3,6,9H,4-5,7-8H2,1H3. The second-order valence-corrected chi connectivity index (χ2v) is 4.79. The molecule has 1 aliphatic rings. The summed E-state index contributed by atoms with van der Waals surface area (Å²) < 4.78 is 23.6. The molecule has 4 nitrogen and oxygen atoms in total. The van der Waals surface area contributed by atoms with Crippen molar-refractivity contribution in [1.82, 2.24) is 4.90 Å². The Bertz CT molecular complexity index is 469. The van der Waals surface area contributed by atoms with E-state index >= 15 is 0 Å². The molecule has 1 aliphatic heterocycles. The molecule has 104 valence electrons. The van der Waals surface area contributed by atoms with E-state index in [-0.39, 0.29) is 23.6 Å². The van der Waals surface area contributed by atoms with Gasteiger partial charge < -0.3 is 14.4 Å². The second kappa shape index (κ2) is 6.21. The molecule has 0 saturated carbocycles. The summed E-state index contributed by atoms with van der Waals surface area (Å²) in [5.41, 5.74) is 0. The lowest BCUT2D eigenvalue weighted by molar-refractivity contribution is -0.140. The maximum atomic E-state index is 13.0. The lowest BCUT2D eigenvalue weighted by Crippen LogP contribution is -2.46. The first-order valence-corrected chi connectivity index (χ1v) is 6.41. The summed E-state index contributed by atoms with van der Waals surface area (Å²) in [7, 11) is 0. The van der Waals surface area contributed by atoms with Crippen LogP contribution in [0.3, 0.4) is 0 Å². The Labute approximate surface area is 116 Å².